The normalized spacial score (nSPS) is 12.9. The monoisotopic (exact) mass is 347 g/mol. The number of halogens is 1. The quantitative estimate of drug-likeness (QED) is 0.674. The Balaban J connectivity index is 2.29. The summed E-state index contributed by atoms with van der Waals surface area (Å²) in [5.74, 6) is 0.707. The van der Waals surface area contributed by atoms with Crippen LogP contribution in [0, 0.1) is 0 Å². The number of rotatable bonds is 2. The maximum Gasteiger partial charge on any atom is 0.115 e. The minimum Gasteiger partial charge on any atom is -0.384 e. The maximum atomic E-state index is 6.22. The van der Waals surface area contributed by atoms with E-state index in [-0.39, 0.29) is 10.5 Å². The molecule has 0 bridgehead atoms. The number of fused-ring (bicyclic) bond motifs is 1. The van der Waals surface area contributed by atoms with Crippen molar-refractivity contribution in [1.29, 1.82) is 0 Å². The first-order valence-corrected chi connectivity index (χ1v) is 8.28. The standard InChI is InChI=1S/C15H14BrN3S/c1-2-20(10-6-4-3-5-7-10)14-11-8-18-9-12(16)13(11)19-15(14)17/h2-9,19H,17H2,1H3. The smallest absolute Gasteiger partial charge is 0.115 e. The van der Waals surface area contributed by atoms with Crippen molar-refractivity contribution < 1.29 is 0 Å². The van der Waals surface area contributed by atoms with Gasteiger partial charge < -0.3 is 10.7 Å². The number of anilines is 1. The molecule has 0 aliphatic heterocycles. The molecule has 1 unspecified atom stereocenters. The van der Waals surface area contributed by atoms with Crippen molar-refractivity contribution in [3.63, 3.8) is 0 Å². The molecule has 0 saturated heterocycles. The number of nitrogens with two attached hydrogens (primary N) is 1. The molecule has 0 amide bonds. The van der Waals surface area contributed by atoms with Gasteiger partial charge in [0, 0.05) is 22.7 Å². The number of H-pyrrole nitrogens is 1. The summed E-state index contributed by atoms with van der Waals surface area (Å²) in [6.07, 6.45) is 3.65. The lowest BCUT2D eigenvalue weighted by atomic mass is 10.3. The molecule has 1 atom stereocenters. The molecule has 0 aliphatic rings. The number of pyridine rings is 1. The number of benzene rings is 1. The van der Waals surface area contributed by atoms with Crippen LogP contribution in [0.15, 0.2) is 57.0 Å². The fourth-order valence-corrected chi connectivity index (χ4v) is 4.55. The van der Waals surface area contributed by atoms with Crippen LogP contribution in [0.4, 0.5) is 5.82 Å². The van der Waals surface area contributed by atoms with Crippen LogP contribution in [-0.2, 0) is 0 Å². The SMILES string of the molecule is C/C=S(\c1ccccc1)c1c(N)[nH]c2c(Br)cncc12. The van der Waals surface area contributed by atoms with Crippen molar-refractivity contribution in [2.75, 3.05) is 5.73 Å². The zero-order chi connectivity index (χ0) is 14.1. The minimum atomic E-state index is -0.164. The Bertz CT molecular complexity index is 793. The zero-order valence-electron chi connectivity index (χ0n) is 10.9. The van der Waals surface area contributed by atoms with E-state index >= 15 is 0 Å². The summed E-state index contributed by atoms with van der Waals surface area (Å²) >= 11 is 3.52. The summed E-state index contributed by atoms with van der Waals surface area (Å²) < 4.78 is 0.931. The van der Waals surface area contributed by atoms with Crippen LogP contribution in [0.1, 0.15) is 6.92 Å². The average molecular weight is 348 g/mol. The first kappa shape index (κ1) is 13.4. The lowest BCUT2D eigenvalue weighted by molar-refractivity contribution is 1.33. The van der Waals surface area contributed by atoms with E-state index in [2.05, 4.69) is 62.5 Å². The van der Waals surface area contributed by atoms with Gasteiger partial charge in [0.2, 0.25) is 0 Å². The van der Waals surface area contributed by atoms with Gasteiger partial charge in [0.1, 0.15) is 5.82 Å². The molecule has 0 aliphatic carbocycles. The van der Waals surface area contributed by atoms with Gasteiger partial charge in [-0.2, -0.15) is 0 Å². The molecule has 3 rings (SSSR count). The summed E-state index contributed by atoms with van der Waals surface area (Å²) in [6, 6.07) is 10.4. The van der Waals surface area contributed by atoms with E-state index in [1.807, 2.05) is 12.3 Å². The van der Waals surface area contributed by atoms with Crippen LogP contribution >= 0.6 is 26.4 Å². The van der Waals surface area contributed by atoms with Crippen LogP contribution in [-0.4, -0.2) is 15.3 Å². The van der Waals surface area contributed by atoms with Crippen molar-refractivity contribution in [3.05, 3.63) is 47.2 Å². The van der Waals surface area contributed by atoms with Crippen molar-refractivity contribution in [3.8, 4) is 0 Å². The lowest BCUT2D eigenvalue weighted by Gasteiger charge is -2.09. The molecule has 0 spiro atoms. The van der Waals surface area contributed by atoms with E-state index in [9.17, 15) is 0 Å². The minimum absolute atomic E-state index is 0.164. The van der Waals surface area contributed by atoms with Crippen LogP contribution < -0.4 is 5.73 Å². The molecular formula is C15H14BrN3S. The van der Waals surface area contributed by atoms with Crippen molar-refractivity contribution in [2.24, 2.45) is 0 Å². The van der Waals surface area contributed by atoms with Crippen LogP contribution in [0.3, 0.4) is 0 Å². The fraction of sp³-hybridized carbons (Fsp3) is 0.0667. The molecule has 1 aromatic carbocycles. The summed E-state index contributed by atoms with van der Waals surface area (Å²) in [5, 5.41) is 3.26. The highest BCUT2D eigenvalue weighted by Gasteiger charge is 2.15. The summed E-state index contributed by atoms with van der Waals surface area (Å²) in [5.41, 5.74) is 7.22. The van der Waals surface area contributed by atoms with Gasteiger partial charge in [0.15, 0.2) is 0 Å². The highest BCUT2D eigenvalue weighted by Crippen LogP contribution is 2.44. The highest BCUT2D eigenvalue weighted by molar-refractivity contribution is 9.10. The first-order chi connectivity index (χ1) is 9.72. The number of nitrogens with one attached hydrogen (secondary N) is 1. The summed E-state index contributed by atoms with van der Waals surface area (Å²) in [4.78, 5) is 9.89. The van der Waals surface area contributed by atoms with E-state index in [0.29, 0.717) is 5.82 Å². The van der Waals surface area contributed by atoms with E-state index < -0.39 is 0 Å². The first-order valence-electron chi connectivity index (χ1n) is 6.20. The fourth-order valence-electron chi connectivity index (χ4n) is 2.25. The van der Waals surface area contributed by atoms with E-state index in [1.54, 1.807) is 6.20 Å². The highest BCUT2D eigenvalue weighted by atomic mass is 79.9. The van der Waals surface area contributed by atoms with Crippen LogP contribution in [0.5, 0.6) is 0 Å². The van der Waals surface area contributed by atoms with E-state index in [1.165, 1.54) is 4.90 Å². The number of hydrogen-bond acceptors (Lipinski definition) is 2. The molecule has 0 saturated carbocycles. The molecule has 0 fully saturated rings. The summed E-state index contributed by atoms with van der Waals surface area (Å²) in [7, 11) is -0.164. The molecule has 3 aromatic rings. The van der Waals surface area contributed by atoms with Crippen LogP contribution in [0.25, 0.3) is 10.9 Å². The number of hydrogen-bond donors (Lipinski definition) is 2. The van der Waals surface area contributed by atoms with Gasteiger partial charge >= 0.3 is 0 Å². The number of aromatic nitrogens is 2. The number of nitrogens with zero attached hydrogens (tertiary/aromatic N) is 1. The van der Waals surface area contributed by atoms with Crippen LogP contribution in [0.2, 0.25) is 0 Å². The van der Waals surface area contributed by atoms with Crippen molar-refractivity contribution in [2.45, 2.75) is 16.7 Å². The van der Waals surface area contributed by atoms with Gasteiger partial charge in [-0.25, -0.2) is 0 Å². The Labute approximate surface area is 128 Å². The van der Waals surface area contributed by atoms with E-state index in [0.717, 1.165) is 20.3 Å². The van der Waals surface area contributed by atoms with Gasteiger partial charge in [-0.3, -0.25) is 4.98 Å². The number of nitrogen functional groups attached to an aromatic ring is 1. The van der Waals surface area contributed by atoms with Crippen molar-refractivity contribution in [1.82, 2.24) is 9.97 Å². The Morgan fingerprint density at radius 3 is 2.70 bits per heavy atom. The predicted molar refractivity (Wildman–Crippen MR) is 90.5 cm³/mol. The second kappa shape index (κ2) is 5.42. The molecule has 3 N–H and O–H groups in total. The Morgan fingerprint density at radius 1 is 1.25 bits per heavy atom. The third-order valence-corrected chi connectivity index (χ3v) is 5.83. The molecule has 20 heavy (non-hydrogen) atoms. The molecule has 102 valence electrons. The van der Waals surface area contributed by atoms with Gasteiger partial charge in [0.25, 0.3) is 0 Å². The molecule has 3 nitrogen and oxygen atoms in total. The third-order valence-electron chi connectivity index (χ3n) is 3.10. The topological polar surface area (TPSA) is 54.7 Å². The van der Waals surface area contributed by atoms with Gasteiger partial charge in [-0.15, -0.1) is 10.5 Å². The predicted octanol–water partition coefficient (Wildman–Crippen LogP) is 4.42. The Hall–Kier alpha value is -1.59. The molecule has 5 heteroatoms. The zero-order valence-corrected chi connectivity index (χ0v) is 13.3. The van der Waals surface area contributed by atoms with Gasteiger partial charge in [0.05, 0.1) is 14.9 Å². The Morgan fingerprint density at radius 2 is 2.00 bits per heavy atom. The van der Waals surface area contributed by atoms with Crippen molar-refractivity contribution >= 4 is 48.5 Å². The third kappa shape index (κ3) is 2.17. The number of aromatic amines is 1. The second-order valence-corrected chi connectivity index (χ2v) is 7.18. The second-order valence-electron chi connectivity index (χ2n) is 4.30. The maximum absolute atomic E-state index is 6.22. The molecule has 2 aromatic heterocycles. The van der Waals surface area contributed by atoms with Gasteiger partial charge in [-0.05, 0) is 35.0 Å². The lowest BCUT2D eigenvalue weighted by Crippen LogP contribution is -1.88. The largest absolute Gasteiger partial charge is 0.384 e. The molecular weight excluding hydrogens is 334 g/mol. The molecule has 0 radical (unpaired) electrons. The van der Waals surface area contributed by atoms with Gasteiger partial charge in [-0.1, -0.05) is 23.6 Å². The average Bonchev–Trinajstić information content (AvgIpc) is 2.80. The molecule has 2 heterocycles. The Kier molecular flexibility index (Phi) is 3.63. The van der Waals surface area contributed by atoms with E-state index in [4.69, 9.17) is 5.73 Å². The summed E-state index contributed by atoms with van der Waals surface area (Å²) in [6.45, 7) is 2.07.